The third-order valence-corrected chi connectivity index (χ3v) is 2.42. The van der Waals surface area contributed by atoms with Gasteiger partial charge in [0.05, 0.1) is 18.5 Å². The summed E-state index contributed by atoms with van der Waals surface area (Å²) in [7, 11) is 0. The molecule has 1 aromatic carbocycles. The SMILES string of the molecule is CCOc1cccc(Nc2ccc(C(=O)O)nc2)c1. The maximum absolute atomic E-state index is 10.7. The molecule has 1 aromatic heterocycles. The number of aromatic nitrogens is 1. The highest BCUT2D eigenvalue weighted by molar-refractivity contribution is 5.85. The minimum atomic E-state index is -1.04. The first kappa shape index (κ1) is 12.9. The topological polar surface area (TPSA) is 71.5 Å². The number of carbonyl (C=O) groups is 1. The van der Waals surface area contributed by atoms with Crippen LogP contribution in [0.15, 0.2) is 42.6 Å². The summed E-state index contributed by atoms with van der Waals surface area (Å²) in [6.07, 6.45) is 1.48. The molecule has 0 radical (unpaired) electrons. The van der Waals surface area contributed by atoms with Gasteiger partial charge in [-0.05, 0) is 31.2 Å². The number of rotatable bonds is 5. The fourth-order valence-corrected chi connectivity index (χ4v) is 1.59. The fraction of sp³-hybridized carbons (Fsp3) is 0.143. The van der Waals surface area contributed by atoms with Crippen LogP contribution < -0.4 is 10.1 Å². The molecule has 0 saturated heterocycles. The zero-order valence-electron chi connectivity index (χ0n) is 10.5. The van der Waals surface area contributed by atoms with Gasteiger partial charge in [-0.25, -0.2) is 9.78 Å². The first-order valence-corrected chi connectivity index (χ1v) is 5.88. The number of carboxylic acid groups (broad SMARTS) is 1. The fourth-order valence-electron chi connectivity index (χ4n) is 1.59. The van der Waals surface area contributed by atoms with E-state index in [0.717, 1.165) is 17.1 Å². The number of nitrogens with one attached hydrogen (secondary N) is 1. The molecule has 0 aliphatic carbocycles. The Morgan fingerprint density at radius 3 is 2.79 bits per heavy atom. The Kier molecular flexibility index (Phi) is 3.97. The lowest BCUT2D eigenvalue weighted by molar-refractivity contribution is 0.0690. The number of nitrogens with zero attached hydrogens (tertiary/aromatic N) is 1. The van der Waals surface area contributed by atoms with Crippen molar-refractivity contribution in [3.8, 4) is 5.75 Å². The summed E-state index contributed by atoms with van der Waals surface area (Å²) in [6.45, 7) is 2.53. The summed E-state index contributed by atoms with van der Waals surface area (Å²) in [5.74, 6) is -0.257. The second-order valence-corrected chi connectivity index (χ2v) is 3.82. The van der Waals surface area contributed by atoms with Crippen LogP contribution >= 0.6 is 0 Å². The van der Waals surface area contributed by atoms with Gasteiger partial charge in [0.25, 0.3) is 0 Å². The molecule has 19 heavy (non-hydrogen) atoms. The minimum Gasteiger partial charge on any atom is -0.494 e. The van der Waals surface area contributed by atoms with E-state index in [1.54, 1.807) is 6.07 Å². The Morgan fingerprint density at radius 2 is 2.16 bits per heavy atom. The number of carboxylic acids is 1. The number of aromatic carboxylic acids is 1. The zero-order chi connectivity index (χ0) is 13.7. The van der Waals surface area contributed by atoms with E-state index in [1.165, 1.54) is 12.3 Å². The van der Waals surface area contributed by atoms with Crippen LogP contribution in [0.5, 0.6) is 5.75 Å². The average molecular weight is 258 g/mol. The lowest BCUT2D eigenvalue weighted by atomic mass is 10.2. The van der Waals surface area contributed by atoms with Crippen molar-refractivity contribution in [1.82, 2.24) is 4.98 Å². The lowest BCUT2D eigenvalue weighted by Crippen LogP contribution is -2.00. The second-order valence-electron chi connectivity index (χ2n) is 3.82. The van der Waals surface area contributed by atoms with Gasteiger partial charge in [-0.1, -0.05) is 6.07 Å². The van der Waals surface area contributed by atoms with E-state index in [4.69, 9.17) is 9.84 Å². The molecule has 0 amide bonds. The highest BCUT2D eigenvalue weighted by Crippen LogP contribution is 2.21. The molecule has 2 rings (SSSR count). The van der Waals surface area contributed by atoms with Crippen molar-refractivity contribution < 1.29 is 14.6 Å². The highest BCUT2D eigenvalue weighted by atomic mass is 16.5. The quantitative estimate of drug-likeness (QED) is 0.862. The molecule has 0 unspecified atom stereocenters. The summed E-state index contributed by atoms with van der Waals surface area (Å²) in [5.41, 5.74) is 1.60. The van der Waals surface area contributed by atoms with E-state index in [-0.39, 0.29) is 5.69 Å². The number of pyridine rings is 1. The highest BCUT2D eigenvalue weighted by Gasteiger charge is 2.03. The van der Waals surface area contributed by atoms with E-state index in [2.05, 4.69) is 10.3 Å². The van der Waals surface area contributed by atoms with E-state index in [1.807, 2.05) is 31.2 Å². The standard InChI is InChI=1S/C14H14N2O3/c1-2-19-12-5-3-4-10(8-12)16-11-6-7-13(14(17)18)15-9-11/h3-9,16H,2H2,1H3,(H,17,18). The van der Waals surface area contributed by atoms with Crippen LogP contribution in [0.3, 0.4) is 0 Å². The van der Waals surface area contributed by atoms with Crippen LogP contribution in [0, 0.1) is 0 Å². The predicted molar refractivity (Wildman–Crippen MR) is 72.1 cm³/mol. The Bertz CT molecular complexity index is 567. The molecule has 0 bridgehead atoms. The molecule has 1 heterocycles. The number of ether oxygens (including phenoxy) is 1. The van der Waals surface area contributed by atoms with E-state index < -0.39 is 5.97 Å². The van der Waals surface area contributed by atoms with Gasteiger partial charge in [0.1, 0.15) is 11.4 Å². The van der Waals surface area contributed by atoms with Crippen LogP contribution in [-0.4, -0.2) is 22.7 Å². The Morgan fingerprint density at radius 1 is 1.32 bits per heavy atom. The number of hydrogen-bond acceptors (Lipinski definition) is 4. The zero-order valence-corrected chi connectivity index (χ0v) is 10.5. The van der Waals surface area contributed by atoms with Crippen molar-refractivity contribution in [2.24, 2.45) is 0 Å². The molecule has 5 heteroatoms. The molecule has 0 saturated carbocycles. The lowest BCUT2D eigenvalue weighted by Gasteiger charge is -2.08. The van der Waals surface area contributed by atoms with Crippen molar-refractivity contribution in [1.29, 1.82) is 0 Å². The van der Waals surface area contributed by atoms with Gasteiger partial charge in [0, 0.05) is 11.8 Å². The smallest absolute Gasteiger partial charge is 0.354 e. The predicted octanol–water partition coefficient (Wildman–Crippen LogP) is 2.92. The third-order valence-electron chi connectivity index (χ3n) is 2.42. The van der Waals surface area contributed by atoms with Crippen molar-refractivity contribution in [2.75, 3.05) is 11.9 Å². The molecule has 5 nitrogen and oxygen atoms in total. The second kappa shape index (κ2) is 5.86. The largest absolute Gasteiger partial charge is 0.494 e. The van der Waals surface area contributed by atoms with Crippen LogP contribution in [0.4, 0.5) is 11.4 Å². The molecule has 0 atom stereocenters. The summed E-state index contributed by atoms with van der Waals surface area (Å²) in [4.78, 5) is 14.5. The van der Waals surface area contributed by atoms with Crippen LogP contribution in [0.2, 0.25) is 0 Å². The van der Waals surface area contributed by atoms with Crippen LogP contribution in [-0.2, 0) is 0 Å². The molecule has 2 aromatic rings. The van der Waals surface area contributed by atoms with Gasteiger partial charge >= 0.3 is 5.97 Å². The van der Waals surface area contributed by atoms with Crippen LogP contribution in [0.1, 0.15) is 17.4 Å². The van der Waals surface area contributed by atoms with Gasteiger partial charge in [-0.2, -0.15) is 0 Å². The molecule has 0 spiro atoms. The van der Waals surface area contributed by atoms with Gasteiger partial charge in [0.15, 0.2) is 0 Å². The first-order valence-electron chi connectivity index (χ1n) is 5.88. The molecule has 2 N–H and O–H groups in total. The Labute approximate surface area is 110 Å². The third kappa shape index (κ3) is 3.45. The average Bonchev–Trinajstić information content (AvgIpc) is 2.40. The summed E-state index contributed by atoms with van der Waals surface area (Å²) < 4.78 is 5.40. The molecule has 98 valence electrons. The van der Waals surface area contributed by atoms with Gasteiger partial charge in [-0.15, -0.1) is 0 Å². The first-order chi connectivity index (χ1) is 9.19. The number of anilines is 2. The molecule has 0 aliphatic heterocycles. The van der Waals surface area contributed by atoms with E-state index in [0.29, 0.717) is 6.61 Å². The van der Waals surface area contributed by atoms with Crippen LogP contribution in [0.25, 0.3) is 0 Å². The maximum atomic E-state index is 10.7. The Balaban J connectivity index is 2.12. The van der Waals surface area contributed by atoms with Crippen molar-refractivity contribution in [3.63, 3.8) is 0 Å². The monoisotopic (exact) mass is 258 g/mol. The number of hydrogen-bond donors (Lipinski definition) is 2. The summed E-state index contributed by atoms with van der Waals surface area (Å²) >= 11 is 0. The Hall–Kier alpha value is -2.56. The van der Waals surface area contributed by atoms with Crippen molar-refractivity contribution in [2.45, 2.75) is 6.92 Å². The van der Waals surface area contributed by atoms with Gasteiger partial charge in [-0.3, -0.25) is 0 Å². The summed E-state index contributed by atoms with van der Waals surface area (Å²) in [5, 5.41) is 11.9. The van der Waals surface area contributed by atoms with Crippen molar-refractivity contribution in [3.05, 3.63) is 48.3 Å². The van der Waals surface area contributed by atoms with Gasteiger partial charge in [0.2, 0.25) is 0 Å². The molecular weight excluding hydrogens is 244 g/mol. The maximum Gasteiger partial charge on any atom is 0.354 e. The van der Waals surface area contributed by atoms with E-state index in [9.17, 15) is 4.79 Å². The molecular formula is C14H14N2O3. The summed E-state index contributed by atoms with van der Waals surface area (Å²) in [6, 6.07) is 10.6. The van der Waals surface area contributed by atoms with Crippen molar-refractivity contribution >= 4 is 17.3 Å². The number of benzene rings is 1. The van der Waals surface area contributed by atoms with Gasteiger partial charge < -0.3 is 15.2 Å². The van der Waals surface area contributed by atoms with E-state index >= 15 is 0 Å². The molecule has 0 aliphatic rings. The molecule has 0 fully saturated rings. The normalized spacial score (nSPS) is 9.95. The minimum absolute atomic E-state index is 0.0219.